The molecular weight excluding hydrogens is 326 g/mol. The van der Waals surface area contributed by atoms with E-state index in [1.165, 1.54) is 13.8 Å². The first-order valence-electron chi connectivity index (χ1n) is 7.20. The first-order chi connectivity index (χ1) is 11.1. The van der Waals surface area contributed by atoms with Gasteiger partial charge < -0.3 is 29.4 Å². The summed E-state index contributed by atoms with van der Waals surface area (Å²) in [7, 11) is 0. The maximum absolute atomic E-state index is 11.4. The van der Waals surface area contributed by atoms with E-state index in [1.54, 1.807) is 0 Å². The van der Waals surface area contributed by atoms with Gasteiger partial charge in [-0.15, -0.1) is 0 Å². The molecule has 1 aliphatic rings. The fourth-order valence-corrected chi connectivity index (χ4v) is 2.31. The van der Waals surface area contributed by atoms with Gasteiger partial charge in [-0.05, 0) is 0 Å². The zero-order valence-corrected chi connectivity index (χ0v) is 13.8. The molecule has 1 aliphatic heterocycles. The summed E-state index contributed by atoms with van der Waals surface area (Å²) in [4.78, 5) is 45.0. The third-order valence-electron chi connectivity index (χ3n) is 3.09. The molecule has 0 aromatic heterocycles. The third-order valence-corrected chi connectivity index (χ3v) is 3.09. The molecule has 0 aromatic carbocycles. The first-order valence-corrected chi connectivity index (χ1v) is 7.20. The van der Waals surface area contributed by atoms with E-state index in [0.717, 1.165) is 13.8 Å². The molecule has 1 heterocycles. The van der Waals surface area contributed by atoms with Crippen molar-refractivity contribution in [1.82, 2.24) is 5.32 Å². The first kappa shape index (κ1) is 19.8. The molecule has 0 aliphatic carbocycles. The van der Waals surface area contributed by atoms with Crippen molar-refractivity contribution in [2.75, 3.05) is 6.61 Å². The Morgan fingerprint density at radius 1 is 0.958 bits per heavy atom. The molecule has 1 saturated heterocycles. The average Bonchev–Trinajstić information content (AvgIpc) is 2.42. The third kappa shape index (κ3) is 5.78. The highest BCUT2D eigenvalue weighted by atomic mass is 16.7. The highest BCUT2D eigenvalue weighted by Gasteiger charge is 2.50. The van der Waals surface area contributed by atoms with Crippen molar-refractivity contribution in [2.24, 2.45) is 0 Å². The van der Waals surface area contributed by atoms with Gasteiger partial charge in [-0.3, -0.25) is 19.2 Å². The Hall–Kier alpha value is -2.20. The van der Waals surface area contributed by atoms with Crippen LogP contribution >= 0.6 is 0 Å². The molecular formula is C14H21NO9. The normalized spacial score (nSPS) is 29.3. The zero-order valence-electron chi connectivity index (χ0n) is 13.8. The molecule has 10 heteroatoms. The fraction of sp³-hybridized carbons (Fsp3) is 0.714. The Balaban J connectivity index is 3.11. The van der Waals surface area contributed by atoms with Gasteiger partial charge in [0.25, 0.3) is 0 Å². The largest absolute Gasteiger partial charge is 0.463 e. The van der Waals surface area contributed by atoms with Gasteiger partial charge in [0.15, 0.2) is 18.5 Å². The Morgan fingerprint density at radius 3 is 1.96 bits per heavy atom. The van der Waals surface area contributed by atoms with Gasteiger partial charge in [0.05, 0.1) is 0 Å². The van der Waals surface area contributed by atoms with Crippen LogP contribution in [0.2, 0.25) is 0 Å². The number of aliphatic hydroxyl groups is 1. The van der Waals surface area contributed by atoms with Gasteiger partial charge >= 0.3 is 17.9 Å². The van der Waals surface area contributed by atoms with E-state index in [-0.39, 0.29) is 6.61 Å². The van der Waals surface area contributed by atoms with E-state index in [1.807, 2.05) is 0 Å². The van der Waals surface area contributed by atoms with E-state index < -0.39 is 54.5 Å². The Bertz CT molecular complexity index is 506. The fourth-order valence-electron chi connectivity index (χ4n) is 2.31. The number of nitrogens with one attached hydrogen (secondary N) is 1. The molecule has 10 nitrogen and oxygen atoms in total. The van der Waals surface area contributed by atoms with E-state index >= 15 is 0 Å². The SMILES string of the molecule is CC(=O)N[C@H]1[C@@H](OC(C)=O)[C@@H](OC(C)=O)C(COC(C)=O)O[C@@H]1O. The minimum atomic E-state index is -1.56. The molecule has 5 atom stereocenters. The number of carbonyl (C=O) groups is 4. The second kappa shape index (κ2) is 8.60. The lowest BCUT2D eigenvalue weighted by molar-refractivity contribution is -0.264. The summed E-state index contributed by atoms with van der Waals surface area (Å²) in [6.07, 6.45) is -5.06. The van der Waals surface area contributed by atoms with Crippen LogP contribution in [0.5, 0.6) is 0 Å². The van der Waals surface area contributed by atoms with Crippen LogP contribution in [0.1, 0.15) is 27.7 Å². The van der Waals surface area contributed by atoms with Crippen LogP contribution in [0.25, 0.3) is 0 Å². The number of hydrogen-bond acceptors (Lipinski definition) is 9. The lowest BCUT2D eigenvalue weighted by Crippen LogP contribution is -2.66. The number of rotatable bonds is 5. The summed E-state index contributed by atoms with van der Waals surface area (Å²) >= 11 is 0. The van der Waals surface area contributed by atoms with Crippen LogP contribution in [0.4, 0.5) is 0 Å². The number of carbonyl (C=O) groups excluding carboxylic acids is 4. The number of ether oxygens (including phenoxy) is 4. The molecule has 0 radical (unpaired) electrons. The maximum Gasteiger partial charge on any atom is 0.303 e. The van der Waals surface area contributed by atoms with E-state index in [2.05, 4.69) is 5.32 Å². The van der Waals surface area contributed by atoms with Crippen molar-refractivity contribution < 1.29 is 43.2 Å². The summed E-state index contributed by atoms with van der Waals surface area (Å²) in [6, 6.07) is -1.16. The van der Waals surface area contributed by atoms with Gasteiger partial charge in [0.1, 0.15) is 18.8 Å². The molecule has 0 spiro atoms. The number of hydrogen-bond donors (Lipinski definition) is 2. The summed E-state index contributed by atoms with van der Waals surface area (Å²) in [5, 5.41) is 12.5. The number of aliphatic hydroxyl groups excluding tert-OH is 1. The molecule has 136 valence electrons. The van der Waals surface area contributed by atoms with Gasteiger partial charge in [-0.2, -0.15) is 0 Å². The van der Waals surface area contributed by atoms with Crippen molar-refractivity contribution in [2.45, 2.75) is 58.3 Å². The second-order valence-corrected chi connectivity index (χ2v) is 5.24. The summed E-state index contributed by atoms with van der Waals surface area (Å²) in [5.74, 6) is -2.54. The lowest BCUT2D eigenvalue weighted by atomic mass is 9.96. The van der Waals surface area contributed by atoms with Crippen LogP contribution in [0, 0.1) is 0 Å². The number of amides is 1. The highest BCUT2D eigenvalue weighted by Crippen LogP contribution is 2.26. The quantitative estimate of drug-likeness (QED) is 0.456. The molecule has 0 aromatic rings. The average molecular weight is 347 g/mol. The number of esters is 3. The minimum Gasteiger partial charge on any atom is -0.463 e. The minimum absolute atomic E-state index is 0.338. The molecule has 2 N–H and O–H groups in total. The standard InChI is InChI=1S/C14H21NO9/c1-6(16)15-11-13(23-9(4)19)12(22-8(3)18)10(24-14(11)20)5-21-7(2)17/h10-14,20H,5H2,1-4H3,(H,15,16)/t10?,11-,12-,13+,14-/m0/s1. The summed E-state index contributed by atoms with van der Waals surface area (Å²) in [5.41, 5.74) is 0. The molecule has 1 rings (SSSR count). The Morgan fingerprint density at radius 2 is 1.50 bits per heavy atom. The van der Waals surface area contributed by atoms with E-state index in [4.69, 9.17) is 18.9 Å². The molecule has 24 heavy (non-hydrogen) atoms. The molecule has 0 saturated carbocycles. The highest BCUT2D eigenvalue weighted by molar-refractivity contribution is 5.73. The zero-order chi connectivity index (χ0) is 18.4. The van der Waals surface area contributed by atoms with Crippen molar-refractivity contribution in [3.63, 3.8) is 0 Å². The monoisotopic (exact) mass is 347 g/mol. The van der Waals surface area contributed by atoms with Gasteiger partial charge in [-0.1, -0.05) is 0 Å². The van der Waals surface area contributed by atoms with E-state index in [9.17, 15) is 24.3 Å². The van der Waals surface area contributed by atoms with E-state index in [0.29, 0.717) is 0 Å². The topological polar surface area (TPSA) is 137 Å². The summed E-state index contributed by atoms with van der Waals surface area (Å²) < 4.78 is 20.3. The van der Waals surface area contributed by atoms with Crippen molar-refractivity contribution in [3.8, 4) is 0 Å². The molecule has 1 amide bonds. The summed E-state index contributed by atoms with van der Waals surface area (Å²) in [6.45, 7) is 4.28. The molecule has 1 fully saturated rings. The lowest BCUT2D eigenvalue weighted by Gasteiger charge is -2.43. The van der Waals surface area contributed by atoms with Crippen LogP contribution in [0.3, 0.4) is 0 Å². The van der Waals surface area contributed by atoms with Crippen LogP contribution in [-0.4, -0.2) is 66.2 Å². The van der Waals surface area contributed by atoms with Crippen LogP contribution in [-0.2, 0) is 38.1 Å². The predicted molar refractivity (Wildman–Crippen MR) is 76.2 cm³/mol. The van der Waals surface area contributed by atoms with Crippen LogP contribution in [0.15, 0.2) is 0 Å². The second-order valence-electron chi connectivity index (χ2n) is 5.24. The molecule has 0 bridgehead atoms. The van der Waals surface area contributed by atoms with Crippen molar-refractivity contribution >= 4 is 23.8 Å². The molecule has 1 unspecified atom stereocenters. The van der Waals surface area contributed by atoms with Crippen molar-refractivity contribution in [3.05, 3.63) is 0 Å². The smallest absolute Gasteiger partial charge is 0.303 e. The van der Waals surface area contributed by atoms with Crippen LogP contribution < -0.4 is 5.32 Å². The Kier molecular flexibility index (Phi) is 7.11. The van der Waals surface area contributed by atoms with Gasteiger partial charge in [0, 0.05) is 27.7 Å². The van der Waals surface area contributed by atoms with Gasteiger partial charge in [0.2, 0.25) is 5.91 Å². The predicted octanol–water partition coefficient (Wildman–Crippen LogP) is -1.37. The van der Waals surface area contributed by atoms with Crippen molar-refractivity contribution in [1.29, 1.82) is 0 Å². The Labute approximate surface area is 138 Å². The maximum atomic E-state index is 11.4. The van der Waals surface area contributed by atoms with Gasteiger partial charge in [-0.25, -0.2) is 0 Å².